The molecule has 0 aliphatic carbocycles. The van der Waals surface area contributed by atoms with E-state index in [0.717, 1.165) is 4.57 Å². The molecule has 0 saturated carbocycles. The highest BCUT2D eigenvalue weighted by Gasteiger charge is 2.41. The Morgan fingerprint density at radius 1 is 1.56 bits per heavy atom. The van der Waals surface area contributed by atoms with E-state index in [2.05, 4.69) is 9.97 Å². The van der Waals surface area contributed by atoms with Gasteiger partial charge in [-0.1, -0.05) is 24.7 Å². The Hall–Kier alpha value is -2.24. The van der Waals surface area contributed by atoms with E-state index in [-0.39, 0.29) is 35.1 Å². The number of aliphatic carboxylic acids is 1. The first kappa shape index (κ1) is 17.6. The maximum Gasteiger partial charge on any atom is 0.311 e. The summed E-state index contributed by atoms with van der Waals surface area (Å²) in [6.45, 7) is 1.84. The number of hydrogen-bond acceptors (Lipinski definition) is 8. The highest BCUT2D eigenvalue weighted by molar-refractivity contribution is 7.16. The third-order valence-electron chi connectivity index (χ3n) is 4.35. The molecule has 0 amide bonds. The molecule has 0 spiro atoms. The number of nitrogens with zero attached hydrogens (tertiary/aromatic N) is 2. The molecule has 1 saturated heterocycles. The second-order valence-corrected chi connectivity index (χ2v) is 6.94. The van der Waals surface area contributed by atoms with Crippen LogP contribution in [0.1, 0.15) is 32.4 Å². The zero-order chi connectivity index (χ0) is 18.3. The lowest BCUT2D eigenvalue weighted by atomic mass is 9.93. The number of carboxylic acids is 1. The molecule has 3 rings (SSSR count). The average Bonchev–Trinajstić information content (AvgIpc) is 3.04. The van der Waals surface area contributed by atoms with Crippen molar-refractivity contribution in [3.63, 3.8) is 0 Å². The van der Waals surface area contributed by atoms with Crippen molar-refractivity contribution in [1.29, 1.82) is 0 Å². The van der Waals surface area contributed by atoms with Crippen LogP contribution in [0.2, 0.25) is 0 Å². The van der Waals surface area contributed by atoms with Crippen molar-refractivity contribution < 1.29 is 19.7 Å². The molecule has 10 nitrogen and oxygen atoms in total. The van der Waals surface area contributed by atoms with Gasteiger partial charge in [0.25, 0.3) is 5.56 Å². The number of ether oxygens (including phenoxy) is 1. The van der Waals surface area contributed by atoms with Crippen LogP contribution in [0.4, 0.5) is 5.95 Å². The minimum atomic E-state index is -1.04. The zero-order valence-corrected chi connectivity index (χ0v) is 14.2. The predicted octanol–water partition coefficient (Wildman–Crippen LogP) is -0.122. The number of fused-ring (bicyclic) bond motifs is 1. The molecule has 1 fully saturated rings. The van der Waals surface area contributed by atoms with Crippen LogP contribution < -0.4 is 16.2 Å². The summed E-state index contributed by atoms with van der Waals surface area (Å²) in [5.74, 6) is -1.39. The molecule has 5 N–H and O–H groups in total. The van der Waals surface area contributed by atoms with E-state index in [1.807, 2.05) is 6.92 Å². The number of H-pyrrole nitrogens is 1. The summed E-state index contributed by atoms with van der Waals surface area (Å²) >= 11 is 0.689. The van der Waals surface area contributed by atoms with Crippen LogP contribution in [-0.4, -0.2) is 42.9 Å². The van der Waals surface area contributed by atoms with E-state index < -0.39 is 34.8 Å². The molecule has 0 radical (unpaired) electrons. The number of carbonyl (C=O) groups is 1. The molecule has 11 heteroatoms. The Morgan fingerprint density at radius 3 is 2.92 bits per heavy atom. The molecule has 1 aliphatic heterocycles. The van der Waals surface area contributed by atoms with Gasteiger partial charge >= 0.3 is 10.8 Å². The van der Waals surface area contributed by atoms with Gasteiger partial charge in [-0.25, -0.2) is 0 Å². The van der Waals surface area contributed by atoms with Crippen LogP contribution in [-0.2, 0) is 9.53 Å². The summed E-state index contributed by atoms with van der Waals surface area (Å²) in [5.41, 5.74) is 5.05. The lowest BCUT2D eigenvalue weighted by Gasteiger charge is -2.21. The summed E-state index contributed by atoms with van der Waals surface area (Å²) in [5, 5.41) is 19.4. The fraction of sp³-hybridized carbons (Fsp3) is 0.571. The van der Waals surface area contributed by atoms with Crippen molar-refractivity contribution in [3.8, 4) is 0 Å². The second-order valence-electron chi connectivity index (χ2n) is 5.98. The molecule has 0 unspecified atom stereocenters. The molecule has 1 aliphatic rings. The minimum absolute atomic E-state index is 0.0484. The number of rotatable bonds is 5. The molecule has 2 aromatic rings. The summed E-state index contributed by atoms with van der Waals surface area (Å²) in [4.78, 5) is 41.0. The fourth-order valence-corrected chi connectivity index (χ4v) is 3.99. The molecule has 2 aromatic heterocycles. The Kier molecular flexibility index (Phi) is 4.62. The number of anilines is 1. The van der Waals surface area contributed by atoms with Gasteiger partial charge in [0, 0.05) is 6.42 Å². The number of aliphatic hydroxyl groups is 1. The molecule has 4 atom stereocenters. The monoisotopic (exact) mass is 370 g/mol. The van der Waals surface area contributed by atoms with E-state index in [1.54, 1.807) is 0 Å². The first-order chi connectivity index (χ1) is 11.8. The van der Waals surface area contributed by atoms with Crippen LogP contribution in [0.5, 0.6) is 0 Å². The van der Waals surface area contributed by atoms with Crippen LogP contribution in [0.3, 0.4) is 0 Å². The highest BCUT2D eigenvalue weighted by atomic mass is 32.1. The number of aromatic nitrogens is 3. The van der Waals surface area contributed by atoms with Crippen molar-refractivity contribution in [3.05, 3.63) is 20.0 Å². The normalized spacial score (nSPS) is 24.6. The third kappa shape index (κ3) is 3.17. The Bertz CT molecular complexity index is 918. The molecule has 136 valence electrons. The van der Waals surface area contributed by atoms with Gasteiger partial charge in [0.2, 0.25) is 5.95 Å². The van der Waals surface area contributed by atoms with E-state index >= 15 is 0 Å². The molecule has 0 aromatic carbocycles. The van der Waals surface area contributed by atoms with E-state index in [9.17, 15) is 19.5 Å². The first-order valence-corrected chi connectivity index (χ1v) is 8.59. The number of hydrogen-bond donors (Lipinski definition) is 4. The maximum atomic E-state index is 12.3. The molecule has 0 bridgehead atoms. The Morgan fingerprint density at radius 2 is 2.28 bits per heavy atom. The summed E-state index contributed by atoms with van der Waals surface area (Å²) in [7, 11) is 0. The third-order valence-corrected chi connectivity index (χ3v) is 5.29. The van der Waals surface area contributed by atoms with Gasteiger partial charge in [-0.05, 0) is 5.92 Å². The Labute approximate surface area is 144 Å². The molecule has 3 heterocycles. The van der Waals surface area contributed by atoms with E-state index in [1.165, 1.54) is 0 Å². The standard InChI is InChI=1S/C14H18N4O6S/c1-2-5(3-8(20)21)7-4-6(19)12(24-7)18-10-9(25-14(18)23)11(22)17-13(15)16-10/h5-7,12,19H,2-4H2,1H3,(H,20,21)(H3,15,16,17,22)/t5-,6+,7-,12+/m0/s1. The smallest absolute Gasteiger partial charge is 0.311 e. The zero-order valence-electron chi connectivity index (χ0n) is 13.3. The van der Waals surface area contributed by atoms with Crippen LogP contribution in [0, 0.1) is 5.92 Å². The first-order valence-electron chi connectivity index (χ1n) is 7.78. The van der Waals surface area contributed by atoms with Crippen molar-refractivity contribution in [2.45, 2.75) is 44.6 Å². The summed E-state index contributed by atoms with van der Waals surface area (Å²) < 4.78 is 7.01. The molecular formula is C14H18N4O6S. The SMILES string of the molecule is CC[C@@H](CC(=O)O)[C@@H]1C[C@@H](O)[C@H](n2c(=O)sc3c(=O)[nH]c(N)nc32)O1. The molecule has 25 heavy (non-hydrogen) atoms. The van der Waals surface area contributed by atoms with Gasteiger partial charge in [-0.2, -0.15) is 4.98 Å². The minimum Gasteiger partial charge on any atom is -0.481 e. The number of aliphatic hydroxyl groups excluding tert-OH is 1. The quantitative estimate of drug-likeness (QED) is 0.566. The van der Waals surface area contributed by atoms with E-state index in [0.29, 0.717) is 17.8 Å². The largest absolute Gasteiger partial charge is 0.481 e. The number of carboxylic acid groups (broad SMARTS) is 1. The number of nitrogens with two attached hydrogens (primary N) is 1. The number of aromatic amines is 1. The maximum absolute atomic E-state index is 12.3. The van der Waals surface area contributed by atoms with Crippen LogP contribution in [0.15, 0.2) is 9.59 Å². The van der Waals surface area contributed by atoms with Gasteiger partial charge in [0.05, 0.1) is 12.5 Å². The lowest BCUT2D eigenvalue weighted by molar-refractivity contribution is -0.140. The van der Waals surface area contributed by atoms with Gasteiger partial charge in [0.1, 0.15) is 10.8 Å². The van der Waals surface area contributed by atoms with Crippen molar-refractivity contribution >= 4 is 33.6 Å². The van der Waals surface area contributed by atoms with Gasteiger partial charge in [-0.15, -0.1) is 0 Å². The van der Waals surface area contributed by atoms with Crippen LogP contribution in [0.25, 0.3) is 10.3 Å². The van der Waals surface area contributed by atoms with Gasteiger partial charge < -0.3 is 20.7 Å². The number of nitrogens with one attached hydrogen (secondary N) is 1. The predicted molar refractivity (Wildman–Crippen MR) is 89.5 cm³/mol. The number of nitrogen functional groups attached to an aromatic ring is 1. The van der Waals surface area contributed by atoms with Crippen molar-refractivity contribution in [2.24, 2.45) is 5.92 Å². The number of thiazole rings is 1. The molecular weight excluding hydrogens is 352 g/mol. The fourth-order valence-electron chi connectivity index (χ4n) is 3.15. The Balaban J connectivity index is 1.99. The van der Waals surface area contributed by atoms with Crippen molar-refractivity contribution in [1.82, 2.24) is 14.5 Å². The summed E-state index contributed by atoms with van der Waals surface area (Å²) in [6.07, 6.45) is -1.92. The summed E-state index contributed by atoms with van der Waals surface area (Å²) in [6, 6.07) is 0. The lowest BCUT2D eigenvalue weighted by Crippen LogP contribution is -2.28. The van der Waals surface area contributed by atoms with E-state index in [4.69, 9.17) is 15.6 Å². The average molecular weight is 370 g/mol. The van der Waals surface area contributed by atoms with Gasteiger partial charge in [-0.3, -0.25) is 23.9 Å². The second kappa shape index (κ2) is 6.58. The van der Waals surface area contributed by atoms with Crippen molar-refractivity contribution in [2.75, 3.05) is 5.73 Å². The van der Waals surface area contributed by atoms with Crippen LogP contribution >= 0.6 is 11.3 Å². The topological polar surface area (TPSA) is 161 Å². The van der Waals surface area contributed by atoms with Gasteiger partial charge in [0.15, 0.2) is 11.9 Å². The highest BCUT2D eigenvalue weighted by Crippen LogP contribution is 2.35.